The Labute approximate surface area is 198 Å². The molecule has 1 unspecified atom stereocenters. The number of morpholine rings is 1. The van der Waals surface area contributed by atoms with Crippen LogP contribution < -0.4 is 9.64 Å². The zero-order valence-corrected chi connectivity index (χ0v) is 19.1. The van der Waals surface area contributed by atoms with Crippen LogP contribution in [0.15, 0.2) is 60.8 Å². The van der Waals surface area contributed by atoms with Gasteiger partial charge in [-0.1, -0.05) is 12.1 Å². The molecule has 7 nitrogen and oxygen atoms in total. The summed E-state index contributed by atoms with van der Waals surface area (Å²) in [6.07, 6.45) is 2.26. The number of pyridine rings is 1. The van der Waals surface area contributed by atoms with E-state index in [4.69, 9.17) is 9.47 Å². The van der Waals surface area contributed by atoms with E-state index in [1.54, 1.807) is 54.5 Å². The lowest BCUT2D eigenvalue weighted by Crippen LogP contribution is -2.50. The van der Waals surface area contributed by atoms with Gasteiger partial charge < -0.3 is 19.3 Å². The Morgan fingerprint density at radius 2 is 2.06 bits per heavy atom. The third-order valence-electron chi connectivity index (χ3n) is 5.79. The maximum Gasteiger partial charge on any atom is 0.248 e. The number of halogens is 1. The summed E-state index contributed by atoms with van der Waals surface area (Å²) >= 11 is 0. The first-order valence-electron chi connectivity index (χ1n) is 11.0. The average Bonchev–Trinajstić information content (AvgIpc) is 2.86. The van der Waals surface area contributed by atoms with Crippen LogP contribution in [0, 0.1) is 17.1 Å². The number of nitriles is 1. The number of carbonyl (C=O) groups excluding carboxylic acids is 1. The second kappa shape index (κ2) is 10.3. The molecular weight excluding hydrogens is 435 g/mol. The van der Waals surface area contributed by atoms with Gasteiger partial charge in [0.25, 0.3) is 0 Å². The van der Waals surface area contributed by atoms with Gasteiger partial charge in [-0.25, -0.2) is 9.37 Å². The SMILES string of the molecule is CCN1C(=O)COCC1Cc1ccc(Oc2ccc(N(C)c3ncccc3C#N)cc2F)cc1. The lowest BCUT2D eigenvalue weighted by molar-refractivity contribution is -0.147. The first-order chi connectivity index (χ1) is 16.5. The Kier molecular flexibility index (Phi) is 7.04. The molecule has 3 aromatic rings. The number of amides is 1. The summed E-state index contributed by atoms with van der Waals surface area (Å²) in [4.78, 5) is 19.7. The van der Waals surface area contributed by atoms with E-state index in [0.717, 1.165) is 5.56 Å². The number of aromatic nitrogens is 1. The van der Waals surface area contributed by atoms with Crippen molar-refractivity contribution in [3.8, 4) is 17.6 Å². The molecule has 1 aromatic heterocycles. The van der Waals surface area contributed by atoms with E-state index in [-0.39, 0.29) is 24.3 Å². The number of benzene rings is 2. The summed E-state index contributed by atoms with van der Waals surface area (Å²) in [6, 6.07) is 17.4. The van der Waals surface area contributed by atoms with Gasteiger partial charge in [0, 0.05) is 31.5 Å². The largest absolute Gasteiger partial charge is 0.454 e. The van der Waals surface area contributed by atoms with E-state index in [0.29, 0.717) is 42.4 Å². The topological polar surface area (TPSA) is 78.7 Å². The molecule has 1 saturated heterocycles. The first kappa shape index (κ1) is 23.2. The van der Waals surface area contributed by atoms with Crippen molar-refractivity contribution in [2.45, 2.75) is 19.4 Å². The van der Waals surface area contributed by atoms with Crippen molar-refractivity contribution >= 4 is 17.4 Å². The van der Waals surface area contributed by atoms with Gasteiger partial charge >= 0.3 is 0 Å². The molecule has 0 saturated carbocycles. The van der Waals surface area contributed by atoms with E-state index in [2.05, 4.69) is 11.1 Å². The van der Waals surface area contributed by atoms with Gasteiger partial charge in [0.05, 0.1) is 18.2 Å². The minimum Gasteiger partial charge on any atom is -0.454 e. The van der Waals surface area contributed by atoms with Crippen LogP contribution in [0.3, 0.4) is 0 Å². The first-order valence-corrected chi connectivity index (χ1v) is 11.0. The van der Waals surface area contributed by atoms with E-state index in [1.807, 2.05) is 24.0 Å². The van der Waals surface area contributed by atoms with Crippen molar-refractivity contribution in [1.82, 2.24) is 9.88 Å². The Hall–Kier alpha value is -3.96. The van der Waals surface area contributed by atoms with Crippen LogP contribution in [0.2, 0.25) is 0 Å². The highest BCUT2D eigenvalue weighted by Crippen LogP contribution is 2.31. The molecule has 1 amide bonds. The molecule has 174 valence electrons. The average molecular weight is 461 g/mol. The molecule has 1 aliphatic rings. The summed E-state index contributed by atoms with van der Waals surface area (Å²) in [5, 5.41) is 9.29. The number of nitrogens with zero attached hydrogens (tertiary/aromatic N) is 4. The van der Waals surface area contributed by atoms with Crippen molar-refractivity contribution < 1.29 is 18.7 Å². The van der Waals surface area contributed by atoms with Crippen molar-refractivity contribution in [2.75, 3.05) is 31.7 Å². The fraction of sp³-hybridized carbons (Fsp3) is 0.269. The number of anilines is 2. The van der Waals surface area contributed by atoms with Crippen LogP contribution in [0.25, 0.3) is 0 Å². The molecule has 34 heavy (non-hydrogen) atoms. The number of likely N-dealkylation sites (N-methyl/N-ethyl adjacent to an activating group) is 1. The highest BCUT2D eigenvalue weighted by atomic mass is 19.1. The molecule has 0 spiro atoms. The van der Waals surface area contributed by atoms with E-state index >= 15 is 0 Å². The van der Waals surface area contributed by atoms with E-state index in [1.165, 1.54) is 6.07 Å². The predicted octanol–water partition coefficient (Wildman–Crippen LogP) is 4.44. The van der Waals surface area contributed by atoms with Crippen molar-refractivity contribution in [2.24, 2.45) is 0 Å². The Bertz CT molecular complexity index is 1210. The van der Waals surface area contributed by atoms with Crippen LogP contribution in [0.5, 0.6) is 11.5 Å². The highest BCUT2D eigenvalue weighted by molar-refractivity contribution is 5.78. The van der Waals surface area contributed by atoms with Crippen LogP contribution in [-0.4, -0.2) is 48.6 Å². The number of carbonyl (C=O) groups is 1. The number of hydrogen-bond acceptors (Lipinski definition) is 6. The molecule has 1 fully saturated rings. The minimum absolute atomic E-state index is 0.000602. The maximum absolute atomic E-state index is 14.8. The standard InChI is InChI=1S/C26H25FN4O3/c1-3-31-21(16-33-17-25(31)32)13-18-6-9-22(10-7-18)34-24-11-8-20(14-23(24)27)30(2)26-19(15-28)5-4-12-29-26/h4-12,14,21H,3,13,16-17H2,1-2H3. The highest BCUT2D eigenvalue weighted by Gasteiger charge is 2.27. The fourth-order valence-corrected chi connectivity index (χ4v) is 4.01. The van der Waals surface area contributed by atoms with Gasteiger partial charge in [0.1, 0.15) is 18.4 Å². The van der Waals surface area contributed by atoms with Crippen LogP contribution in [0.1, 0.15) is 18.1 Å². The quantitative estimate of drug-likeness (QED) is 0.519. The lowest BCUT2D eigenvalue weighted by Gasteiger charge is -2.34. The van der Waals surface area contributed by atoms with Gasteiger partial charge in [-0.05, 0) is 55.3 Å². The summed E-state index contributed by atoms with van der Waals surface area (Å²) in [7, 11) is 1.72. The number of ether oxygens (including phenoxy) is 2. The molecule has 4 rings (SSSR count). The maximum atomic E-state index is 14.8. The Morgan fingerprint density at radius 3 is 2.76 bits per heavy atom. The number of rotatable bonds is 7. The molecule has 0 radical (unpaired) electrons. The van der Waals surface area contributed by atoms with Crippen molar-refractivity contribution in [1.29, 1.82) is 5.26 Å². The van der Waals surface area contributed by atoms with Crippen LogP contribution in [0.4, 0.5) is 15.9 Å². The van der Waals surface area contributed by atoms with E-state index in [9.17, 15) is 14.4 Å². The lowest BCUT2D eigenvalue weighted by atomic mass is 10.0. The molecule has 0 bridgehead atoms. The van der Waals surface area contributed by atoms with E-state index < -0.39 is 5.82 Å². The molecule has 0 N–H and O–H groups in total. The van der Waals surface area contributed by atoms with Crippen LogP contribution >= 0.6 is 0 Å². The summed E-state index contributed by atoms with van der Waals surface area (Å²) < 4.78 is 26.0. The molecular formula is C26H25FN4O3. The predicted molar refractivity (Wildman–Crippen MR) is 126 cm³/mol. The zero-order chi connectivity index (χ0) is 24.1. The molecule has 2 aromatic carbocycles. The van der Waals surface area contributed by atoms with Gasteiger partial charge in [-0.3, -0.25) is 4.79 Å². The zero-order valence-electron chi connectivity index (χ0n) is 19.1. The molecule has 1 atom stereocenters. The molecule has 0 aliphatic carbocycles. The van der Waals surface area contributed by atoms with Gasteiger partial charge in [0.2, 0.25) is 5.91 Å². The molecule has 1 aliphatic heterocycles. The van der Waals surface area contributed by atoms with Gasteiger partial charge in [-0.15, -0.1) is 0 Å². The Morgan fingerprint density at radius 1 is 1.26 bits per heavy atom. The summed E-state index contributed by atoms with van der Waals surface area (Å²) in [6.45, 7) is 3.26. The number of hydrogen-bond donors (Lipinski definition) is 0. The second-order valence-corrected chi connectivity index (χ2v) is 7.96. The normalized spacial score (nSPS) is 15.6. The monoisotopic (exact) mass is 460 g/mol. The van der Waals surface area contributed by atoms with Gasteiger partial charge in [-0.2, -0.15) is 5.26 Å². The van der Waals surface area contributed by atoms with Crippen molar-refractivity contribution in [3.05, 3.63) is 77.7 Å². The van der Waals surface area contributed by atoms with Crippen molar-refractivity contribution in [3.63, 3.8) is 0 Å². The summed E-state index contributed by atoms with van der Waals surface area (Å²) in [5.74, 6) is 0.522. The smallest absolute Gasteiger partial charge is 0.248 e. The molecule has 2 heterocycles. The fourth-order valence-electron chi connectivity index (χ4n) is 4.01. The van der Waals surface area contributed by atoms with Crippen LogP contribution in [-0.2, 0) is 16.0 Å². The Balaban J connectivity index is 1.44. The molecule has 8 heteroatoms. The third-order valence-corrected chi connectivity index (χ3v) is 5.79. The summed E-state index contributed by atoms with van der Waals surface area (Å²) in [5.41, 5.74) is 1.98. The third kappa shape index (κ3) is 5.00. The second-order valence-electron chi connectivity index (χ2n) is 7.96. The van der Waals surface area contributed by atoms with Gasteiger partial charge in [0.15, 0.2) is 17.4 Å². The minimum atomic E-state index is -0.528.